The lowest BCUT2D eigenvalue weighted by Gasteiger charge is -2.06. The fourth-order valence-corrected chi connectivity index (χ4v) is 5.51. The number of aliphatic hydroxyl groups is 1. The first kappa shape index (κ1) is 11.9. The average molecular weight is 329 g/mol. The Morgan fingerprint density at radius 3 is 2.76 bits per heavy atom. The molecule has 2 aromatic rings. The lowest BCUT2D eigenvalue weighted by atomic mass is 10.2. The molecular weight excluding hydrogens is 316 g/mol. The Morgan fingerprint density at radius 2 is 2.12 bits per heavy atom. The van der Waals surface area contributed by atoms with Crippen molar-refractivity contribution in [3.05, 3.63) is 41.7 Å². The van der Waals surface area contributed by atoms with Crippen LogP contribution in [0.5, 0.6) is 0 Å². The highest BCUT2D eigenvalue weighted by atomic mass is 79.9. The predicted molar refractivity (Wildman–Crippen MR) is 77.2 cm³/mol. The number of halogens is 1. The van der Waals surface area contributed by atoms with E-state index in [9.17, 15) is 5.11 Å². The molecule has 17 heavy (non-hydrogen) atoms. The molecule has 1 unspecified atom stereocenters. The van der Waals surface area contributed by atoms with E-state index in [-0.39, 0.29) is 0 Å². The zero-order valence-corrected chi connectivity index (χ0v) is 12.7. The summed E-state index contributed by atoms with van der Waals surface area (Å²) in [7, 11) is 0. The molecule has 1 nitrogen and oxygen atoms in total. The smallest absolute Gasteiger partial charge is 0.123 e. The minimum atomic E-state index is -0.460. The van der Waals surface area contributed by atoms with Gasteiger partial charge in [0.1, 0.15) is 6.10 Å². The van der Waals surface area contributed by atoms with Gasteiger partial charge in [-0.25, -0.2) is 0 Å². The highest BCUT2D eigenvalue weighted by Gasteiger charge is 2.22. The second-order valence-electron chi connectivity index (χ2n) is 4.42. The van der Waals surface area contributed by atoms with E-state index in [0.717, 1.165) is 14.2 Å². The van der Waals surface area contributed by atoms with Crippen molar-refractivity contribution in [2.45, 2.75) is 32.3 Å². The molecule has 1 aliphatic carbocycles. The largest absolute Gasteiger partial charge is 0.382 e. The van der Waals surface area contributed by atoms with Gasteiger partial charge in [-0.15, -0.1) is 22.7 Å². The fraction of sp³-hybridized carbons (Fsp3) is 0.385. The van der Waals surface area contributed by atoms with Crippen molar-refractivity contribution >= 4 is 38.6 Å². The van der Waals surface area contributed by atoms with Crippen molar-refractivity contribution in [1.29, 1.82) is 0 Å². The molecule has 0 saturated carbocycles. The highest BCUT2D eigenvalue weighted by Crippen LogP contribution is 2.40. The van der Waals surface area contributed by atoms with Gasteiger partial charge in [0.15, 0.2) is 0 Å². The molecule has 0 amide bonds. The van der Waals surface area contributed by atoms with E-state index in [0.29, 0.717) is 0 Å². The molecule has 90 valence electrons. The third-order valence-electron chi connectivity index (χ3n) is 3.12. The second kappa shape index (κ2) is 4.50. The van der Waals surface area contributed by atoms with Crippen molar-refractivity contribution in [2.75, 3.05) is 0 Å². The van der Waals surface area contributed by atoms with Crippen LogP contribution in [0.4, 0.5) is 0 Å². The standard InChI is InChI=1S/C13H13BrOS2/c1-7-5-9(14)13(16-7)12(15)11-6-8-3-2-4-10(8)17-11/h5-6,12,15H,2-4H2,1H3. The number of hydrogen-bond acceptors (Lipinski definition) is 3. The van der Waals surface area contributed by atoms with E-state index < -0.39 is 6.10 Å². The molecule has 1 aliphatic rings. The molecule has 2 aromatic heterocycles. The summed E-state index contributed by atoms with van der Waals surface area (Å²) < 4.78 is 1.03. The van der Waals surface area contributed by atoms with Crippen molar-refractivity contribution in [3.63, 3.8) is 0 Å². The Bertz CT molecular complexity index is 534. The van der Waals surface area contributed by atoms with Crippen molar-refractivity contribution < 1.29 is 5.11 Å². The van der Waals surface area contributed by atoms with Crippen LogP contribution in [-0.2, 0) is 12.8 Å². The van der Waals surface area contributed by atoms with Gasteiger partial charge in [0, 0.05) is 19.1 Å². The summed E-state index contributed by atoms with van der Waals surface area (Å²) in [4.78, 5) is 4.83. The molecule has 3 rings (SSSR count). The van der Waals surface area contributed by atoms with Gasteiger partial charge in [-0.05, 0) is 59.8 Å². The zero-order chi connectivity index (χ0) is 12.0. The first-order chi connectivity index (χ1) is 8.15. The maximum Gasteiger partial charge on any atom is 0.123 e. The van der Waals surface area contributed by atoms with E-state index in [4.69, 9.17) is 0 Å². The monoisotopic (exact) mass is 328 g/mol. The van der Waals surface area contributed by atoms with Gasteiger partial charge < -0.3 is 5.11 Å². The minimum Gasteiger partial charge on any atom is -0.382 e. The topological polar surface area (TPSA) is 20.2 Å². The van der Waals surface area contributed by atoms with Gasteiger partial charge in [0.05, 0.1) is 4.88 Å². The summed E-state index contributed by atoms with van der Waals surface area (Å²) in [6.45, 7) is 2.07. The normalized spacial score (nSPS) is 16.2. The number of aryl methyl sites for hydroxylation is 3. The third kappa shape index (κ3) is 2.12. The second-order valence-corrected chi connectivity index (χ2v) is 7.73. The molecule has 2 heterocycles. The molecule has 4 heteroatoms. The van der Waals surface area contributed by atoms with E-state index in [1.165, 1.54) is 34.6 Å². The number of rotatable bonds is 2. The van der Waals surface area contributed by atoms with E-state index in [1.54, 1.807) is 22.7 Å². The maximum atomic E-state index is 10.4. The summed E-state index contributed by atoms with van der Waals surface area (Å²) in [5.74, 6) is 0. The van der Waals surface area contributed by atoms with Crippen LogP contribution < -0.4 is 0 Å². The number of thiophene rings is 2. The number of aliphatic hydroxyl groups excluding tert-OH is 1. The molecule has 1 atom stereocenters. The Balaban J connectivity index is 1.95. The first-order valence-corrected chi connectivity index (χ1v) is 8.13. The minimum absolute atomic E-state index is 0.460. The molecular formula is C13H13BrOS2. The van der Waals surface area contributed by atoms with Crippen molar-refractivity contribution in [2.24, 2.45) is 0 Å². The van der Waals surface area contributed by atoms with Gasteiger partial charge in [0.2, 0.25) is 0 Å². The van der Waals surface area contributed by atoms with Crippen molar-refractivity contribution in [3.8, 4) is 0 Å². The van der Waals surface area contributed by atoms with Gasteiger partial charge in [-0.2, -0.15) is 0 Å². The molecule has 1 N–H and O–H groups in total. The fourth-order valence-electron chi connectivity index (χ4n) is 2.30. The summed E-state index contributed by atoms with van der Waals surface area (Å²) >= 11 is 6.97. The van der Waals surface area contributed by atoms with Crippen LogP contribution in [0, 0.1) is 6.92 Å². The highest BCUT2D eigenvalue weighted by molar-refractivity contribution is 9.10. The van der Waals surface area contributed by atoms with Gasteiger partial charge in [0.25, 0.3) is 0 Å². The zero-order valence-electron chi connectivity index (χ0n) is 9.50. The maximum absolute atomic E-state index is 10.4. The Labute approximate surface area is 117 Å². The van der Waals surface area contributed by atoms with Crippen molar-refractivity contribution in [1.82, 2.24) is 0 Å². The van der Waals surface area contributed by atoms with E-state index >= 15 is 0 Å². The van der Waals surface area contributed by atoms with Crippen LogP contribution in [0.15, 0.2) is 16.6 Å². The van der Waals surface area contributed by atoms with Gasteiger partial charge in [-0.1, -0.05) is 0 Å². The Kier molecular flexibility index (Phi) is 3.15. The summed E-state index contributed by atoms with van der Waals surface area (Å²) in [5, 5.41) is 10.4. The summed E-state index contributed by atoms with van der Waals surface area (Å²) in [6.07, 6.45) is 3.19. The van der Waals surface area contributed by atoms with Crippen LogP contribution in [0.25, 0.3) is 0 Å². The first-order valence-electron chi connectivity index (χ1n) is 5.70. The molecule has 0 saturated heterocycles. The van der Waals surface area contributed by atoms with Crippen LogP contribution >= 0.6 is 38.6 Å². The lowest BCUT2D eigenvalue weighted by molar-refractivity contribution is 0.227. The van der Waals surface area contributed by atoms with Gasteiger partial charge >= 0.3 is 0 Å². The molecule has 0 fully saturated rings. The summed E-state index contributed by atoms with van der Waals surface area (Å²) in [5.41, 5.74) is 1.45. The Hall–Kier alpha value is -0.160. The number of hydrogen-bond donors (Lipinski definition) is 1. The molecule has 0 aromatic carbocycles. The van der Waals surface area contributed by atoms with E-state index in [2.05, 4.69) is 35.0 Å². The summed E-state index contributed by atoms with van der Waals surface area (Å²) in [6, 6.07) is 4.27. The predicted octanol–water partition coefficient (Wildman–Crippen LogP) is 4.45. The van der Waals surface area contributed by atoms with Crippen LogP contribution in [0.2, 0.25) is 0 Å². The van der Waals surface area contributed by atoms with Gasteiger partial charge in [-0.3, -0.25) is 0 Å². The molecule has 0 bridgehead atoms. The van der Waals surface area contributed by atoms with Crippen LogP contribution in [0.1, 0.15) is 37.6 Å². The third-order valence-corrected chi connectivity index (χ3v) is 6.43. The van der Waals surface area contributed by atoms with Crippen LogP contribution in [-0.4, -0.2) is 5.11 Å². The quantitative estimate of drug-likeness (QED) is 0.863. The van der Waals surface area contributed by atoms with E-state index in [1.807, 2.05) is 0 Å². The van der Waals surface area contributed by atoms with Crippen LogP contribution in [0.3, 0.4) is 0 Å². The Morgan fingerprint density at radius 1 is 1.29 bits per heavy atom. The molecule has 0 aliphatic heterocycles. The lowest BCUT2D eigenvalue weighted by Crippen LogP contribution is -1.94. The average Bonchev–Trinajstić information content (AvgIpc) is 2.90. The number of fused-ring (bicyclic) bond motifs is 1. The molecule has 0 radical (unpaired) electrons. The SMILES string of the molecule is Cc1cc(Br)c(C(O)c2cc3c(s2)CCC3)s1. The molecule has 0 spiro atoms.